The number of hydrogen-bond donors (Lipinski definition) is 1. The lowest BCUT2D eigenvalue weighted by atomic mass is 10.3. The Bertz CT molecular complexity index is 482. The monoisotopic (exact) mass is 244 g/mol. The zero-order chi connectivity index (χ0) is 11.8. The largest absolute Gasteiger partial charge is 0.508 e. The van der Waals surface area contributed by atoms with Gasteiger partial charge in [-0.1, -0.05) is 0 Å². The predicted octanol–water partition coefficient (Wildman–Crippen LogP) is 0.577. The molecule has 0 amide bonds. The van der Waals surface area contributed by atoms with Gasteiger partial charge in [0.25, 0.3) is 0 Å². The highest BCUT2D eigenvalue weighted by Gasteiger charge is 2.35. The van der Waals surface area contributed by atoms with Gasteiger partial charge in [0.05, 0.1) is 18.6 Å². The second-order valence-electron chi connectivity index (χ2n) is 3.65. The van der Waals surface area contributed by atoms with Gasteiger partial charge in [-0.05, 0) is 12.1 Å². The number of aromatic hydroxyl groups is 1. The molecule has 1 N–H and O–H groups in total. The average Bonchev–Trinajstić information content (AvgIpc) is 2.18. The maximum atomic E-state index is 10.9. The molecule has 1 aromatic carbocycles. The molecule has 0 aliphatic carbocycles. The van der Waals surface area contributed by atoms with Gasteiger partial charge < -0.3 is 14.6 Å². The lowest BCUT2D eigenvalue weighted by Crippen LogP contribution is -2.45. The van der Waals surface area contributed by atoms with Gasteiger partial charge in [-0.25, -0.2) is 8.42 Å². The minimum Gasteiger partial charge on any atom is -0.508 e. The Hall–Kier alpha value is -1.43. The summed E-state index contributed by atoms with van der Waals surface area (Å²) in [7, 11) is -1.44. The molecule has 0 radical (unpaired) electrons. The molecule has 5 nitrogen and oxygen atoms in total. The third-order valence-corrected chi connectivity index (χ3v) is 4.08. The minimum atomic E-state index is -2.89. The van der Waals surface area contributed by atoms with E-state index in [1.54, 1.807) is 6.07 Å². The lowest BCUT2D eigenvalue weighted by molar-refractivity contribution is 0.219. The molecule has 16 heavy (non-hydrogen) atoms. The summed E-state index contributed by atoms with van der Waals surface area (Å²) >= 11 is 0. The SMILES string of the molecule is COc1cc(O)ccc1OC1CS(=O)(=O)C1. The van der Waals surface area contributed by atoms with Crippen LogP contribution in [-0.4, -0.2) is 38.2 Å². The number of sulfone groups is 1. The molecule has 88 valence electrons. The van der Waals surface area contributed by atoms with Crippen molar-refractivity contribution in [2.75, 3.05) is 18.6 Å². The van der Waals surface area contributed by atoms with Crippen molar-refractivity contribution in [1.29, 1.82) is 0 Å². The van der Waals surface area contributed by atoms with E-state index < -0.39 is 9.84 Å². The van der Waals surface area contributed by atoms with E-state index in [-0.39, 0.29) is 23.4 Å². The minimum absolute atomic E-state index is 0.0387. The molecule has 1 saturated heterocycles. The lowest BCUT2D eigenvalue weighted by Gasteiger charge is -2.27. The number of rotatable bonds is 3. The van der Waals surface area contributed by atoms with Gasteiger partial charge in [0.15, 0.2) is 21.3 Å². The van der Waals surface area contributed by atoms with Gasteiger partial charge in [-0.2, -0.15) is 0 Å². The highest BCUT2D eigenvalue weighted by atomic mass is 32.2. The number of methoxy groups -OCH3 is 1. The predicted molar refractivity (Wildman–Crippen MR) is 57.7 cm³/mol. The maximum Gasteiger partial charge on any atom is 0.164 e. The van der Waals surface area contributed by atoms with E-state index in [0.29, 0.717) is 11.5 Å². The van der Waals surface area contributed by atoms with Crippen molar-refractivity contribution < 1.29 is 23.0 Å². The van der Waals surface area contributed by atoms with Gasteiger partial charge in [0.2, 0.25) is 0 Å². The Labute approximate surface area is 93.5 Å². The van der Waals surface area contributed by atoms with Crippen LogP contribution in [-0.2, 0) is 9.84 Å². The number of phenols is 1. The Kier molecular flexibility index (Phi) is 2.67. The Morgan fingerprint density at radius 1 is 1.31 bits per heavy atom. The molecule has 0 bridgehead atoms. The number of benzene rings is 1. The van der Waals surface area contributed by atoms with Crippen LogP contribution >= 0.6 is 0 Å². The van der Waals surface area contributed by atoms with E-state index in [1.807, 2.05) is 0 Å². The quantitative estimate of drug-likeness (QED) is 0.841. The van der Waals surface area contributed by atoms with E-state index in [4.69, 9.17) is 9.47 Å². The molecular weight excluding hydrogens is 232 g/mol. The fraction of sp³-hybridized carbons (Fsp3) is 0.400. The van der Waals surface area contributed by atoms with Gasteiger partial charge in [-0.15, -0.1) is 0 Å². The molecule has 0 atom stereocenters. The standard InChI is InChI=1S/C10H12O5S/c1-14-10-4-7(11)2-3-9(10)15-8-5-16(12,13)6-8/h2-4,8,11H,5-6H2,1H3. The Balaban J connectivity index is 2.10. The van der Waals surface area contributed by atoms with Crippen LogP contribution in [0.15, 0.2) is 18.2 Å². The van der Waals surface area contributed by atoms with Crippen molar-refractivity contribution in [3.63, 3.8) is 0 Å². The van der Waals surface area contributed by atoms with Gasteiger partial charge in [0.1, 0.15) is 11.9 Å². The number of phenolic OH excluding ortho intramolecular Hbond substituents is 1. The van der Waals surface area contributed by atoms with Crippen molar-refractivity contribution in [2.24, 2.45) is 0 Å². The molecule has 1 aliphatic heterocycles. The molecule has 6 heteroatoms. The first-order chi connectivity index (χ1) is 7.50. The summed E-state index contributed by atoms with van der Waals surface area (Å²) in [5.41, 5.74) is 0. The van der Waals surface area contributed by atoms with Crippen LogP contribution in [0.5, 0.6) is 17.2 Å². The fourth-order valence-electron chi connectivity index (χ4n) is 1.52. The van der Waals surface area contributed by atoms with Crippen molar-refractivity contribution in [3.05, 3.63) is 18.2 Å². The topological polar surface area (TPSA) is 72.8 Å². The molecule has 0 unspecified atom stereocenters. The third-order valence-electron chi connectivity index (χ3n) is 2.32. The Morgan fingerprint density at radius 3 is 2.56 bits per heavy atom. The summed E-state index contributed by atoms with van der Waals surface area (Å²) in [6.45, 7) is 0. The first kappa shape index (κ1) is 11.1. The van der Waals surface area contributed by atoms with E-state index >= 15 is 0 Å². The Morgan fingerprint density at radius 2 is 2.00 bits per heavy atom. The molecule has 1 aliphatic rings. The molecular formula is C10H12O5S. The summed E-state index contributed by atoms with van der Waals surface area (Å²) in [6, 6.07) is 4.44. The van der Waals surface area contributed by atoms with Crippen LogP contribution in [0.1, 0.15) is 0 Å². The van der Waals surface area contributed by atoms with Crippen LogP contribution in [0.2, 0.25) is 0 Å². The van der Waals surface area contributed by atoms with Crippen LogP contribution < -0.4 is 9.47 Å². The summed E-state index contributed by atoms with van der Waals surface area (Å²) in [4.78, 5) is 0. The molecule has 0 spiro atoms. The molecule has 1 aromatic rings. The van der Waals surface area contributed by atoms with Crippen LogP contribution in [0.4, 0.5) is 0 Å². The van der Waals surface area contributed by atoms with E-state index in [1.165, 1.54) is 19.2 Å². The van der Waals surface area contributed by atoms with Crippen LogP contribution in [0, 0.1) is 0 Å². The van der Waals surface area contributed by atoms with E-state index in [2.05, 4.69) is 0 Å². The first-order valence-electron chi connectivity index (χ1n) is 4.74. The fourth-order valence-corrected chi connectivity index (χ4v) is 2.69. The van der Waals surface area contributed by atoms with Gasteiger partial charge in [-0.3, -0.25) is 0 Å². The van der Waals surface area contributed by atoms with E-state index in [0.717, 1.165) is 0 Å². The summed E-state index contributed by atoms with van der Waals surface area (Å²) in [5.74, 6) is 0.989. The molecule has 1 heterocycles. The summed E-state index contributed by atoms with van der Waals surface area (Å²) in [5, 5.41) is 9.23. The van der Waals surface area contributed by atoms with Crippen LogP contribution in [0.3, 0.4) is 0 Å². The summed E-state index contributed by atoms with van der Waals surface area (Å²) in [6.07, 6.45) is -0.316. The molecule has 0 aromatic heterocycles. The van der Waals surface area contributed by atoms with Gasteiger partial charge in [0, 0.05) is 6.07 Å². The second-order valence-corrected chi connectivity index (χ2v) is 5.81. The molecule has 0 saturated carbocycles. The maximum absolute atomic E-state index is 10.9. The van der Waals surface area contributed by atoms with Crippen molar-refractivity contribution in [3.8, 4) is 17.2 Å². The smallest absolute Gasteiger partial charge is 0.164 e. The average molecular weight is 244 g/mol. The van der Waals surface area contributed by atoms with Crippen molar-refractivity contribution >= 4 is 9.84 Å². The first-order valence-corrected chi connectivity index (χ1v) is 6.56. The normalized spacial score (nSPS) is 18.8. The highest BCUT2D eigenvalue weighted by molar-refractivity contribution is 7.92. The number of ether oxygens (including phenoxy) is 2. The van der Waals surface area contributed by atoms with E-state index in [9.17, 15) is 13.5 Å². The highest BCUT2D eigenvalue weighted by Crippen LogP contribution is 2.32. The molecule has 2 rings (SSSR count). The zero-order valence-corrected chi connectivity index (χ0v) is 9.53. The third kappa shape index (κ3) is 2.21. The van der Waals surface area contributed by atoms with Crippen molar-refractivity contribution in [2.45, 2.75) is 6.10 Å². The number of hydrogen-bond acceptors (Lipinski definition) is 5. The summed E-state index contributed by atoms with van der Waals surface area (Å²) < 4.78 is 32.4. The van der Waals surface area contributed by atoms with Crippen molar-refractivity contribution in [1.82, 2.24) is 0 Å². The van der Waals surface area contributed by atoms with Crippen LogP contribution in [0.25, 0.3) is 0 Å². The second kappa shape index (κ2) is 3.86. The van der Waals surface area contributed by atoms with Gasteiger partial charge >= 0.3 is 0 Å². The molecule has 1 fully saturated rings. The zero-order valence-electron chi connectivity index (χ0n) is 8.71.